The Kier molecular flexibility index (Phi) is 6.40. The second kappa shape index (κ2) is 9.94. The molecule has 0 saturated carbocycles. The molecular formula is C26H26N6O3. The van der Waals surface area contributed by atoms with Gasteiger partial charge in [-0.25, -0.2) is 9.48 Å². The average molecular weight is 471 g/mol. The van der Waals surface area contributed by atoms with E-state index in [1.807, 2.05) is 36.7 Å². The summed E-state index contributed by atoms with van der Waals surface area (Å²) < 4.78 is 1.69. The van der Waals surface area contributed by atoms with Crippen LogP contribution in [0.5, 0.6) is 5.75 Å². The van der Waals surface area contributed by atoms with Crippen molar-refractivity contribution in [1.29, 1.82) is 0 Å². The molecule has 0 amide bonds. The summed E-state index contributed by atoms with van der Waals surface area (Å²) in [6.45, 7) is 1.39. The molecule has 1 saturated heterocycles. The Balaban J connectivity index is 1.21. The molecule has 2 aromatic carbocycles. The molecule has 3 N–H and O–H groups in total. The molecular weight excluding hydrogens is 444 g/mol. The molecule has 0 bridgehead atoms. The summed E-state index contributed by atoms with van der Waals surface area (Å²) in [7, 11) is 0. The van der Waals surface area contributed by atoms with Crippen molar-refractivity contribution >= 4 is 11.8 Å². The monoisotopic (exact) mass is 470 g/mol. The number of carbonyl (C=O) groups is 1. The van der Waals surface area contributed by atoms with Crippen LogP contribution >= 0.6 is 0 Å². The number of anilines is 1. The maximum atomic E-state index is 12.3. The van der Waals surface area contributed by atoms with Crippen molar-refractivity contribution in [2.75, 3.05) is 18.8 Å². The van der Waals surface area contributed by atoms with Crippen molar-refractivity contribution in [3.05, 3.63) is 84.2 Å². The summed E-state index contributed by atoms with van der Waals surface area (Å²) in [6.07, 6.45) is 6.49. The van der Waals surface area contributed by atoms with Crippen LogP contribution in [0.25, 0.3) is 16.9 Å². The van der Waals surface area contributed by atoms with E-state index in [1.165, 1.54) is 0 Å². The van der Waals surface area contributed by atoms with E-state index in [9.17, 15) is 9.90 Å². The minimum Gasteiger partial charge on any atom is -0.507 e. The van der Waals surface area contributed by atoms with Crippen molar-refractivity contribution in [1.82, 2.24) is 25.0 Å². The van der Waals surface area contributed by atoms with Gasteiger partial charge < -0.3 is 15.7 Å². The predicted molar refractivity (Wildman–Crippen MR) is 131 cm³/mol. The molecule has 2 aromatic heterocycles. The van der Waals surface area contributed by atoms with Crippen LogP contribution in [-0.2, 0) is 11.3 Å². The van der Waals surface area contributed by atoms with Gasteiger partial charge in [0.2, 0.25) is 0 Å². The van der Waals surface area contributed by atoms with Crippen molar-refractivity contribution < 1.29 is 14.7 Å². The zero-order valence-electron chi connectivity index (χ0n) is 19.1. The molecule has 0 atom stereocenters. The Hall–Kier alpha value is -4.24. The molecule has 9 nitrogen and oxygen atoms in total. The Bertz CT molecular complexity index is 1320. The van der Waals surface area contributed by atoms with E-state index in [-0.39, 0.29) is 17.5 Å². The van der Waals surface area contributed by atoms with Crippen LogP contribution in [0, 0.1) is 5.92 Å². The normalized spacial score (nSPS) is 14.6. The lowest BCUT2D eigenvalue weighted by molar-refractivity contribution is -0.126. The largest absolute Gasteiger partial charge is 0.507 e. The number of nitrogens with two attached hydrogens (primary N) is 1. The van der Waals surface area contributed by atoms with Crippen LogP contribution in [0.1, 0.15) is 28.8 Å². The average Bonchev–Trinajstić information content (AvgIpc) is 3.35. The van der Waals surface area contributed by atoms with Gasteiger partial charge >= 0.3 is 5.97 Å². The van der Waals surface area contributed by atoms with E-state index in [2.05, 4.69) is 15.3 Å². The lowest BCUT2D eigenvalue weighted by Gasteiger charge is -2.30. The first-order chi connectivity index (χ1) is 17.1. The van der Waals surface area contributed by atoms with Gasteiger partial charge in [0.15, 0.2) is 5.82 Å². The molecule has 1 fully saturated rings. The maximum absolute atomic E-state index is 12.3. The summed E-state index contributed by atoms with van der Waals surface area (Å²) >= 11 is 0. The number of hydrogen-bond acceptors (Lipinski definition) is 8. The van der Waals surface area contributed by atoms with E-state index in [0.29, 0.717) is 41.5 Å². The number of hydrogen-bond donors (Lipinski definition) is 2. The zero-order chi connectivity index (χ0) is 24.2. The molecule has 0 spiro atoms. The molecule has 3 heterocycles. The van der Waals surface area contributed by atoms with E-state index in [0.717, 1.165) is 24.8 Å². The van der Waals surface area contributed by atoms with Gasteiger partial charge in [-0.2, -0.15) is 5.10 Å². The van der Waals surface area contributed by atoms with Crippen molar-refractivity contribution in [3.63, 3.8) is 0 Å². The number of hydroxylamine groups is 2. The maximum Gasteiger partial charge on any atom is 0.357 e. The lowest BCUT2D eigenvalue weighted by Crippen LogP contribution is -2.36. The highest BCUT2D eigenvalue weighted by Crippen LogP contribution is 2.29. The number of carbonyl (C=O) groups excluding carboxylic acids is 1. The molecule has 9 heteroatoms. The van der Waals surface area contributed by atoms with Crippen LogP contribution in [0.2, 0.25) is 0 Å². The minimum absolute atomic E-state index is 0.125. The third kappa shape index (κ3) is 5.15. The molecule has 1 aliphatic rings. The highest BCUT2D eigenvalue weighted by atomic mass is 16.7. The number of phenolic OH excluding ortho intramolecular Hbond substituents is 1. The van der Waals surface area contributed by atoms with Gasteiger partial charge in [-0.1, -0.05) is 30.3 Å². The highest BCUT2D eigenvalue weighted by molar-refractivity contribution is 5.89. The summed E-state index contributed by atoms with van der Waals surface area (Å²) in [6, 6.07) is 17.8. The highest BCUT2D eigenvalue weighted by Gasteiger charge is 2.23. The number of para-hydroxylation sites is 1. The van der Waals surface area contributed by atoms with E-state index < -0.39 is 0 Å². The minimum atomic E-state index is -0.322. The van der Waals surface area contributed by atoms with Crippen LogP contribution in [0.3, 0.4) is 0 Å². The van der Waals surface area contributed by atoms with Gasteiger partial charge in [0.05, 0.1) is 17.5 Å². The van der Waals surface area contributed by atoms with Crippen LogP contribution in [-0.4, -0.2) is 49.2 Å². The molecule has 35 heavy (non-hydrogen) atoms. The van der Waals surface area contributed by atoms with Crippen molar-refractivity contribution in [2.24, 2.45) is 5.92 Å². The molecule has 5 rings (SSSR count). The number of aromatic hydroxyl groups is 1. The standard InChI is InChI=1S/C26H26N6O3/c27-25-23(15-22(29-30-25)21-8-4-5-9-24(21)33)32-17-19(16-28-32)14-18-10-12-31(13-11-18)35-26(34)20-6-2-1-3-7-20/h1-9,15-18,33H,10-14H2,(H2,27,30). The summed E-state index contributed by atoms with van der Waals surface area (Å²) in [5, 5.41) is 24.6. The smallest absolute Gasteiger partial charge is 0.357 e. The van der Waals surface area contributed by atoms with Crippen molar-refractivity contribution in [2.45, 2.75) is 19.3 Å². The quantitative estimate of drug-likeness (QED) is 0.438. The first-order valence-electron chi connectivity index (χ1n) is 11.5. The number of aromatic nitrogens is 4. The van der Waals surface area contributed by atoms with Gasteiger partial charge in [0, 0.05) is 24.8 Å². The number of piperidine rings is 1. The first-order valence-corrected chi connectivity index (χ1v) is 11.5. The Morgan fingerprint density at radius 3 is 2.57 bits per heavy atom. The van der Waals surface area contributed by atoms with Gasteiger partial charge in [-0.15, -0.1) is 15.3 Å². The number of nitrogen functional groups attached to an aromatic ring is 1. The molecule has 178 valence electrons. The Morgan fingerprint density at radius 2 is 1.80 bits per heavy atom. The van der Waals surface area contributed by atoms with Gasteiger partial charge in [0.25, 0.3) is 0 Å². The lowest BCUT2D eigenvalue weighted by atomic mass is 9.92. The van der Waals surface area contributed by atoms with Crippen LogP contribution < -0.4 is 5.73 Å². The molecule has 1 aliphatic heterocycles. The van der Waals surface area contributed by atoms with Crippen LogP contribution in [0.4, 0.5) is 5.82 Å². The SMILES string of the molecule is Nc1nnc(-c2ccccc2O)cc1-n1cc(CC2CCN(OC(=O)c3ccccc3)CC2)cn1. The van der Waals surface area contributed by atoms with Gasteiger partial charge in [-0.05, 0) is 61.1 Å². The molecule has 0 radical (unpaired) electrons. The predicted octanol–water partition coefficient (Wildman–Crippen LogP) is 3.64. The number of rotatable bonds is 6. The molecule has 0 unspecified atom stereocenters. The van der Waals surface area contributed by atoms with Gasteiger partial charge in [-0.3, -0.25) is 0 Å². The zero-order valence-corrected chi connectivity index (χ0v) is 19.1. The number of benzene rings is 2. The van der Waals surface area contributed by atoms with Crippen LogP contribution in [0.15, 0.2) is 73.1 Å². The summed E-state index contributed by atoms with van der Waals surface area (Å²) in [5.41, 5.74) is 9.42. The number of nitrogens with zero attached hydrogens (tertiary/aromatic N) is 5. The fraction of sp³-hybridized carbons (Fsp3) is 0.231. The number of phenols is 1. The van der Waals surface area contributed by atoms with E-state index >= 15 is 0 Å². The second-order valence-electron chi connectivity index (χ2n) is 8.63. The van der Waals surface area contributed by atoms with E-state index in [1.54, 1.807) is 46.1 Å². The fourth-order valence-electron chi connectivity index (χ4n) is 4.28. The first kappa shape index (κ1) is 22.5. The van der Waals surface area contributed by atoms with Gasteiger partial charge in [0.1, 0.15) is 11.4 Å². The fourth-order valence-corrected chi connectivity index (χ4v) is 4.28. The molecule has 0 aliphatic carbocycles. The van der Waals surface area contributed by atoms with Crippen molar-refractivity contribution in [3.8, 4) is 22.7 Å². The third-order valence-electron chi connectivity index (χ3n) is 6.18. The second-order valence-corrected chi connectivity index (χ2v) is 8.63. The molecule has 4 aromatic rings. The third-order valence-corrected chi connectivity index (χ3v) is 6.18. The topological polar surface area (TPSA) is 119 Å². The summed E-state index contributed by atoms with van der Waals surface area (Å²) in [5.74, 6) is 0.521. The van der Waals surface area contributed by atoms with E-state index in [4.69, 9.17) is 10.6 Å². The Morgan fingerprint density at radius 1 is 1.06 bits per heavy atom. The summed E-state index contributed by atoms with van der Waals surface area (Å²) in [4.78, 5) is 17.8. The Labute approximate surface area is 202 Å².